The molecule has 1 aliphatic rings. The maximum Gasteiger partial charge on any atom is 0.412 e. The number of hydrogen-bond donors (Lipinski definition) is 1. The Morgan fingerprint density at radius 1 is 1.30 bits per heavy atom. The van der Waals surface area contributed by atoms with Gasteiger partial charge in [0.1, 0.15) is 5.60 Å². The molecule has 1 N–H and O–H groups in total. The first-order valence-electron chi connectivity index (χ1n) is 6.54. The SMILES string of the molecule is CC(C)(C)OC(=O)Nc1ccc(C2(N=C=O)CC2)cc1. The van der Waals surface area contributed by atoms with Crippen LogP contribution in [0.1, 0.15) is 39.2 Å². The van der Waals surface area contributed by atoms with Crippen molar-refractivity contribution in [1.29, 1.82) is 0 Å². The van der Waals surface area contributed by atoms with E-state index in [0.29, 0.717) is 5.69 Å². The minimum atomic E-state index is -0.527. The first-order chi connectivity index (χ1) is 9.35. The molecule has 1 aromatic carbocycles. The van der Waals surface area contributed by atoms with Gasteiger partial charge in [0, 0.05) is 5.69 Å². The molecule has 1 fully saturated rings. The molecule has 5 heteroatoms. The van der Waals surface area contributed by atoms with E-state index < -0.39 is 11.7 Å². The third-order valence-electron chi connectivity index (χ3n) is 3.05. The van der Waals surface area contributed by atoms with Crippen molar-refractivity contribution in [3.05, 3.63) is 29.8 Å². The maximum atomic E-state index is 11.6. The van der Waals surface area contributed by atoms with Gasteiger partial charge in [-0.25, -0.2) is 9.59 Å². The van der Waals surface area contributed by atoms with E-state index in [4.69, 9.17) is 4.74 Å². The van der Waals surface area contributed by atoms with Crippen molar-refractivity contribution in [2.75, 3.05) is 5.32 Å². The van der Waals surface area contributed by atoms with Crippen LogP contribution in [-0.4, -0.2) is 17.8 Å². The van der Waals surface area contributed by atoms with Crippen LogP contribution in [0, 0.1) is 0 Å². The zero-order valence-electron chi connectivity index (χ0n) is 11.9. The van der Waals surface area contributed by atoms with E-state index in [1.807, 2.05) is 32.9 Å². The smallest absolute Gasteiger partial charge is 0.412 e. The number of hydrogen-bond acceptors (Lipinski definition) is 4. The Morgan fingerprint density at radius 2 is 1.90 bits per heavy atom. The number of carbonyl (C=O) groups excluding carboxylic acids is 2. The number of ether oxygens (including phenoxy) is 1. The molecule has 0 atom stereocenters. The summed E-state index contributed by atoms with van der Waals surface area (Å²) in [4.78, 5) is 25.9. The van der Waals surface area contributed by atoms with Crippen LogP contribution in [0.3, 0.4) is 0 Å². The molecule has 1 saturated carbocycles. The fraction of sp³-hybridized carbons (Fsp3) is 0.467. The fourth-order valence-electron chi connectivity index (χ4n) is 1.96. The molecule has 0 aliphatic heterocycles. The van der Waals surface area contributed by atoms with Crippen molar-refractivity contribution in [3.8, 4) is 0 Å². The van der Waals surface area contributed by atoms with Crippen LogP contribution < -0.4 is 5.32 Å². The molecule has 0 aromatic heterocycles. The van der Waals surface area contributed by atoms with Gasteiger partial charge in [0.15, 0.2) is 0 Å². The van der Waals surface area contributed by atoms with E-state index in [1.54, 1.807) is 18.2 Å². The van der Waals surface area contributed by atoms with E-state index in [-0.39, 0.29) is 5.54 Å². The van der Waals surface area contributed by atoms with Crippen molar-refractivity contribution < 1.29 is 14.3 Å². The van der Waals surface area contributed by atoms with Crippen LogP contribution in [0.4, 0.5) is 10.5 Å². The largest absolute Gasteiger partial charge is 0.444 e. The van der Waals surface area contributed by atoms with Crippen molar-refractivity contribution in [3.63, 3.8) is 0 Å². The van der Waals surface area contributed by atoms with Gasteiger partial charge in [0.05, 0.1) is 5.54 Å². The fourth-order valence-corrected chi connectivity index (χ4v) is 1.96. The quantitative estimate of drug-likeness (QED) is 0.678. The predicted octanol–water partition coefficient (Wildman–Crippen LogP) is 3.36. The van der Waals surface area contributed by atoms with Crippen molar-refractivity contribution >= 4 is 17.9 Å². The van der Waals surface area contributed by atoms with Gasteiger partial charge in [-0.1, -0.05) is 12.1 Å². The van der Waals surface area contributed by atoms with Gasteiger partial charge in [-0.05, 0) is 51.3 Å². The van der Waals surface area contributed by atoms with Gasteiger partial charge in [-0.3, -0.25) is 5.32 Å². The Labute approximate surface area is 118 Å². The molecule has 0 radical (unpaired) electrons. The average Bonchev–Trinajstić information content (AvgIpc) is 3.09. The minimum Gasteiger partial charge on any atom is -0.444 e. The van der Waals surface area contributed by atoms with Crippen molar-refractivity contribution in [2.45, 2.75) is 44.8 Å². The minimum absolute atomic E-state index is 0.383. The molecule has 5 nitrogen and oxygen atoms in total. The Kier molecular flexibility index (Phi) is 3.64. The standard InChI is InChI=1S/C15H18N2O3/c1-14(2,3)20-13(19)17-12-6-4-11(5-7-12)15(8-9-15)16-10-18/h4-7H,8-9H2,1-3H3,(H,17,19). The van der Waals surface area contributed by atoms with Crippen LogP contribution >= 0.6 is 0 Å². The highest BCUT2D eigenvalue weighted by molar-refractivity contribution is 5.84. The number of isocyanates is 1. The Bertz CT molecular complexity index is 547. The van der Waals surface area contributed by atoms with E-state index in [9.17, 15) is 9.59 Å². The number of carbonyl (C=O) groups is 1. The molecule has 0 saturated heterocycles. The first-order valence-corrected chi connectivity index (χ1v) is 6.54. The van der Waals surface area contributed by atoms with E-state index >= 15 is 0 Å². The second-order valence-electron chi connectivity index (χ2n) is 5.94. The second kappa shape index (κ2) is 5.10. The van der Waals surface area contributed by atoms with Gasteiger partial charge < -0.3 is 4.74 Å². The van der Waals surface area contributed by atoms with Crippen LogP contribution in [0.25, 0.3) is 0 Å². The topological polar surface area (TPSA) is 67.8 Å². The molecule has 0 spiro atoms. The monoisotopic (exact) mass is 274 g/mol. The lowest BCUT2D eigenvalue weighted by Crippen LogP contribution is -2.27. The molecule has 1 amide bonds. The van der Waals surface area contributed by atoms with Crippen LogP contribution in [0.2, 0.25) is 0 Å². The third kappa shape index (κ3) is 3.45. The van der Waals surface area contributed by atoms with Gasteiger partial charge in [0.25, 0.3) is 0 Å². The highest BCUT2D eigenvalue weighted by Crippen LogP contribution is 2.49. The van der Waals surface area contributed by atoms with Gasteiger partial charge >= 0.3 is 6.09 Å². The van der Waals surface area contributed by atoms with Crippen molar-refractivity contribution in [2.24, 2.45) is 4.99 Å². The van der Waals surface area contributed by atoms with Gasteiger partial charge in [-0.15, -0.1) is 0 Å². The number of rotatable bonds is 3. The maximum absolute atomic E-state index is 11.6. The van der Waals surface area contributed by atoms with E-state index in [2.05, 4.69) is 10.3 Å². The highest BCUT2D eigenvalue weighted by atomic mass is 16.6. The molecule has 2 rings (SSSR count). The normalized spacial score (nSPS) is 15.9. The molecule has 20 heavy (non-hydrogen) atoms. The van der Waals surface area contributed by atoms with Crippen molar-refractivity contribution in [1.82, 2.24) is 0 Å². The Morgan fingerprint density at radius 3 is 2.35 bits per heavy atom. The number of amides is 1. The number of nitrogens with zero attached hydrogens (tertiary/aromatic N) is 1. The zero-order valence-corrected chi connectivity index (χ0v) is 11.9. The molecular formula is C15H18N2O3. The first kappa shape index (κ1) is 14.3. The summed E-state index contributed by atoms with van der Waals surface area (Å²) < 4.78 is 5.17. The lowest BCUT2D eigenvalue weighted by atomic mass is 10.1. The highest BCUT2D eigenvalue weighted by Gasteiger charge is 2.44. The number of benzene rings is 1. The summed E-state index contributed by atoms with van der Waals surface area (Å²) in [5, 5.41) is 2.66. The Balaban J connectivity index is 2.02. The van der Waals surface area contributed by atoms with Crippen LogP contribution in [0.15, 0.2) is 29.3 Å². The number of aliphatic imine (C=N–C) groups is 1. The number of anilines is 1. The Hall–Kier alpha value is -2.13. The molecule has 1 aliphatic carbocycles. The average molecular weight is 274 g/mol. The number of nitrogens with one attached hydrogen (secondary N) is 1. The zero-order chi connectivity index (χ0) is 14.8. The summed E-state index contributed by atoms with van der Waals surface area (Å²) in [7, 11) is 0. The summed E-state index contributed by atoms with van der Waals surface area (Å²) in [6.07, 6.45) is 2.86. The van der Waals surface area contributed by atoms with E-state index in [0.717, 1.165) is 18.4 Å². The molecule has 0 unspecified atom stereocenters. The molecule has 1 aromatic rings. The lowest BCUT2D eigenvalue weighted by Gasteiger charge is -2.19. The third-order valence-corrected chi connectivity index (χ3v) is 3.05. The van der Waals surface area contributed by atoms with Crippen LogP contribution in [0.5, 0.6) is 0 Å². The molecule has 106 valence electrons. The lowest BCUT2D eigenvalue weighted by molar-refractivity contribution is 0.0636. The summed E-state index contributed by atoms with van der Waals surface area (Å²) >= 11 is 0. The summed E-state index contributed by atoms with van der Waals surface area (Å²) in [5.41, 5.74) is 0.705. The molecule has 0 heterocycles. The summed E-state index contributed by atoms with van der Waals surface area (Å²) in [5.74, 6) is 0. The molecule has 0 bridgehead atoms. The summed E-state index contributed by atoms with van der Waals surface area (Å²) in [6.45, 7) is 5.43. The predicted molar refractivity (Wildman–Crippen MR) is 75.3 cm³/mol. The van der Waals surface area contributed by atoms with Crippen LogP contribution in [-0.2, 0) is 15.1 Å². The second-order valence-corrected chi connectivity index (χ2v) is 5.94. The summed E-state index contributed by atoms with van der Waals surface area (Å²) in [6, 6.07) is 7.28. The van der Waals surface area contributed by atoms with E-state index in [1.165, 1.54) is 0 Å². The van der Waals surface area contributed by atoms with Gasteiger partial charge in [0.2, 0.25) is 6.08 Å². The molecular weight excluding hydrogens is 256 g/mol. The van der Waals surface area contributed by atoms with Gasteiger partial charge in [-0.2, -0.15) is 4.99 Å².